The number of aryl methyl sites for hydroxylation is 1. The molecule has 0 spiro atoms. The molecule has 152 valence electrons. The zero-order chi connectivity index (χ0) is 20.9. The van der Waals surface area contributed by atoms with Gasteiger partial charge in [-0.1, -0.05) is 80.8 Å². The normalized spacial score (nSPS) is 12.3. The molecule has 1 N–H and O–H groups in total. The van der Waals surface area contributed by atoms with Crippen molar-refractivity contribution in [1.82, 2.24) is 0 Å². The summed E-state index contributed by atoms with van der Waals surface area (Å²) in [4.78, 5) is 0.271. The minimum atomic E-state index is -3.66. The summed E-state index contributed by atoms with van der Waals surface area (Å²) in [5, 5.41) is 1.99. The number of unbranched alkanes of at least 4 members (excludes halogenated alkanes) is 1. The molecule has 0 saturated heterocycles. The number of benzene rings is 3. The first-order valence-electron chi connectivity index (χ1n) is 10.3. The van der Waals surface area contributed by atoms with Gasteiger partial charge in [0.15, 0.2) is 0 Å². The molecule has 0 unspecified atom stereocenters. The van der Waals surface area contributed by atoms with Gasteiger partial charge in [0.05, 0.1) is 10.6 Å². The van der Waals surface area contributed by atoms with E-state index in [0.717, 1.165) is 47.6 Å². The van der Waals surface area contributed by atoms with E-state index in [-0.39, 0.29) is 4.90 Å². The molecule has 0 bridgehead atoms. The molecule has 0 aliphatic heterocycles. The molecule has 0 atom stereocenters. The Kier molecular flexibility index (Phi) is 6.75. The van der Waals surface area contributed by atoms with Gasteiger partial charge < -0.3 is 0 Å². The van der Waals surface area contributed by atoms with Gasteiger partial charge in [0.1, 0.15) is 0 Å². The lowest BCUT2D eigenvalue weighted by atomic mass is 9.93. The minimum Gasteiger partial charge on any atom is -0.279 e. The van der Waals surface area contributed by atoms with Crippen molar-refractivity contribution in [1.29, 1.82) is 0 Å². The molecule has 4 heteroatoms. The predicted molar refractivity (Wildman–Crippen MR) is 124 cm³/mol. The fraction of sp³-hybridized carbons (Fsp3) is 0.280. The number of anilines is 1. The summed E-state index contributed by atoms with van der Waals surface area (Å²) in [5.41, 5.74) is 4.04. The molecule has 0 aromatic heterocycles. The Bertz CT molecular complexity index is 1110. The topological polar surface area (TPSA) is 46.2 Å². The molecule has 0 saturated carbocycles. The van der Waals surface area contributed by atoms with Crippen molar-refractivity contribution in [3.05, 3.63) is 77.9 Å². The molecule has 3 aromatic rings. The third-order valence-corrected chi connectivity index (χ3v) is 6.41. The van der Waals surface area contributed by atoms with Crippen LogP contribution in [-0.4, -0.2) is 8.42 Å². The molecular weight excluding hydrogens is 378 g/mol. The summed E-state index contributed by atoms with van der Waals surface area (Å²) in [6.45, 7) is 6.29. The molecule has 0 fully saturated rings. The van der Waals surface area contributed by atoms with Crippen molar-refractivity contribution >= 4 is 32.1 Å². The number of nitrogens with one attached hydrogen (secondary N) is 1. The lowest BCUT2D eigenvalue weighted by Crippen LogP contribution is -2.13. The van der Waals surface area contributed by atoms with Crippen LogP contribution in [0, 0.1) is 6.92 Å². The van der Waals surface area contributed by atoms with E-state index in [9.17, 15) is 8.42 Å². The van der Waals surface area contributed by atoms with E-state index in [4.69, 9.17) is 0 Å². The number of allylic oxidation sites excluding steroid dienone is 2. The summed E-state index contributed by atoms with van der Waals surface area (Å²) in [6, 6.07) is 18.9. The van der Waals surface area contributed by atoms with E-state index >= 15 is 0 Å². The van der Waals surface area contributed by atoms with Crippen molar-refractivity contribution in [2.75, 3.05) is 4.72 Å². The van der Waals surface area contributed by atoms with Crippen LogP contribution in [0.5, 0.6) is 0 Å². The first-order chi connectivity index (χ1) is 14.0. The molecular formula is C25H29NO2S. The zero-order valence-electron chi connectivity index (χ0n) is 17.4. The quantitative estimate of drug-likeness (QED) is 0.440. The van der Waals surface area contributed by atoms with E-state index < -0.39 is 10.0 Å². The van der Waals surface area contributed by atoms with E-state index in [2.05, 4.69) is 30.7 Å². The van der Waals surface area contributed by atoms with Crippen LogP contribution in [-0.2, 0) is 10.0 Å². The Labute approximate surface area is 174 Å². The number of sulfonamides is 1. The highest BCUT2D eigenvalue weighted by Gasteiger charge is 2.17. The van der Waals surface area contributed by atoms with E-state index in [1.807, 2.05) is 49.4 Å². The molecule has 3 aromatic carbocycles. The summed E-state index contributed by atoms with van der Waals surface area (Å²) >= 11 is 0. The van der Waals surface area contributed by atoms with E-state index in [1.54, 1.807) is 12.1 Å². The summed E-state index contributed by atoms with van der Waals surface area (Å²) in [7, 11) is -3.66. The zero-order valence-corrected chi connectivity index (χ0v) is 18.2. The maximum absolute atomic E-state index is 13.0. The molecule has 0 aliphatic carbocycles. The lowest BCUT2D eigenvalue weighted by molar-refractivity contribution is 0.601. The van der Waals surface area contributed by atoms with Gasteiger partial charge in [-0.3, -0.25) is 4.72 Å². The number of fused-ring (bicyclic) bond motifs is 1. The van der Waals surface area contributed by atoms with Crippen LogP contribution < -0.4 is 4.72 Å². The highest BCUT2D eigenvalue weighted by atomic mass is 32.2. The number of rotatable bonds is 8. The van der Waals surface area contributed by atoms with Crippen molar-refractivity contribution < 1.29 is 8.42 Å². The first-order valence-corrected chi connectivity index (χ1v) is 11.7. The smallest absolute Gasteiger partial charge is 0.261 e. The lowest BCUT2D eigenvalue weighted by Gasteiger charge is -2.16. The molecule has 29 heavy (non-hydrogen) atoms. The van der Waals surface area contributed by atoms with Gasteiger partial charge in [0.25, 0.3) is 10.0 Å². The van der Waals surface area contributed by atoms with Gasteiger partial charge in [-0.25, -0.2) is 8.42 Å². The van der Waals surface area contributed by atoms with Gasteiger partial charge in [-0.15, -0.1) is 0 Å². The summed E-state index contributed by atoms with van der Waals surface area (Å²) in [6.07, 6.45) is 6.42. The minimum absolute atomic E-state index is 0.271. The highest BCUT2D eigenvalue weighted by molar-refractivity contribution is 7.92. The van der Waals surface area contributed by atoms with Gasteiger partial charge in [0, 0.05) is 5.39 Å². The van der Waals surface area contributed by atoms with Crippen LogP contribution in [0.15, 0.2) is 71.6 Å². The van der Waals surface area contributed by atoms with E-state index in [1.165, 1.54) is 5.57 Å². The number of hydrogen-bond acceptors (Lipinski definition) is 2. The van der Waals surface area contributed by atoms with Gasteiger partial charge in [-0.2, -0.15) is 0 Å². The fourth-order valence-electron chi connectivity index (χ4n) is 3.55. The van der Waals surface area contributed by atoms with Gasteiger partial charge in [0.2, 0.25) is 0 Å². The summed E-state index contributed by atoms with van der Waals surface area (Å²) < 4.78 is 28.9. The molecule has 3 rings (SSSR count). The maximum Gasteiger partial charge on any atom is 0.261 e. The standard InChI is InChI=1S/C25H29NO2S/c1-4-6-10-20(9-5-2)23-13-7-11-21-12-8-14-24(25(21)23)26-29(27,28)22-17-15-19(3)16-18-22/h7-8,10-18,26H,4-6,9H2,1-3H3/b20-10+. The van der Waals surface area contributed by atoms with E-state index in [0.29, 0.717) is 5.69 Å². The fourth-order valence-corrected chi connectivity index (χ4v) is 4.62. The molecule has 0 amide bonds. The molecule has 3 nitrogen and oxygen atoms in total. The second-order valence-electron chi connectivity index (χ2n) is 7.40. The second kappa shape index (κ2) is 9.27. The third-order valence-electron chi connectivity index (χ3n) is 5.03. The highest BCUT2D eigenvalue weighted by Crippen LogP contribution is 2.34. The molecule has 0 heterocycles. The maximum atomic E-state index is 13.0. The Morgan fingerprint density at radius 2 is 1.62 bits per heavy atom. The Balaban J connectivity index is 2.12. The first kappa shape index (κ1) is 21.1. The Morgan fingerprint density at radius 3 is 2.28 bits per heavy atom. The van der Waals surface area contributed by atoms with Crippen molar-refractivity contribution in [3.63, 3.8) is 0 Å². The van der Waals surface area contributed by atoms with Crippen LogP contribution in [0.4, 0.5) is 5.69 Å². The van der Waals surface area contributed by atoms with Gasteiger partial charge in [-0.05, 0) is 54.5 Å². The molecule has 0 radical (unpaired) electrons. The Morgan fingerprint density at radius 1 is 0.931 bits per heavy atom. The van der Waals surface area contributed by atoms with Crippen molar-refractivity contribution in [2.24, 2.45) is 0 Å². The van der Waals surface area contributed by atoms with Crippen LogP contribution in [0.1, 0.15) is 50.7 Å². The second-order valence-corrected chi connectivity index (χ2v) is 9.08. The third kappa shape index (κ3) is 4.88. The average Bonchev–Trinajstić information content (AvgIpc) is 2.71. The Hall–Kier alpha value is -2.59. The van der Waals surface area contributed by atoms with Crippen molar-refractivity contribution in [3.8, 4) is 0 Å². The predicted octanol–water partition coefficient (Wildman–Crippen LogP) is 6.93. The largest absolute Gasteiger partial charge is 0.279 e. The average molecular weight is 408 g/mol. The molecule has 0 aliphatic rings. The monoisotopic (exact) mass is 407 g/mol. The van der Waals surface area contributed by atoms with Crippen LogP contribution >= 0.6 is 0 Å². The van der Waals surface area contributed by atoms with Crippen LogP contribution in [0.2, 0.25) is 0 Å². The van der Waals surface area contributed by atoms with Crippen LogP contribution in [0.25, 0.3) is 16.3 Å². The van der Waals surface area contributed by atoms with Crippen LogP contribution in [0.3, 0.4) is 0 Å². The number of hydrogen-bond donors (Lipinski definition) is 1. The van der Waals surface area contributed by atoms with Crippen molar-refractivity contribution in [2.45, 2.75) is 51.3 Å². The summed E-state index contributed by atoms with van der Waals surface area (Å²) in [5.74, 6) is 0. The van der Waals surface area contributed by atoms with Gasteiger partial charge >= 0.3 is 0 Å². The SMILES string of the molecule is CCC/C=C(\CCC)c1cccc2cccc(NS(=O)(=O)c3ccc(C)cc3)c12.